The van der Waals surface area contributed by atoms with Crippen LogP contribution in [0.4, 0.5) is 17.5 Å². The van der Waals surface area contributed by atoms with Gasteiger partial charge in [-0.25, -0.2) is 15.0 Å². The van der Waals surface area contributed by atoms with Crippen molar-refractivity contribution >= 4 is 23.1 Å². The summed E-state index contributed by atoms with van der Waals surface area (Å²) in [5, 5.41) is 0. The highest BCUT2D eigenvalue weighted by Gasteiger charge is 2.27. The van der Waals surface area contributed by atoms with Crippen LogP contribution in [-0.4, -0.2) is 52.2 Å². The fraction of sp³-hybridized carbons (Fsp3) is 0.393. The number of ether oxygens (including phenoxy) is 1. The van der Waals surface area contributed by atoms with Crippen LogP contribution in [0.3, 0.4) is 0 Å². The van der Waals surface area contributed by atoms with Gasteiger partial charge < -0.3 is 14.5 Å². The number of pyridine rings is 1. The van der Waals surface area contributed by atoms with Crippen LogP contribution in [0, 0.1) is 27.7 Å². The molecule has 2 aliphatic heterocycles. The zero-order valence-electron chi connectivity index (χ0n) is 21.0. The fourth-order valence-electron chi connectivity index (χ4n) is 5.34. The van der Waals surface area contributed by atoms with Crippen molar-refractivity contribution in [2.75, 3.05) is 42.6 Å². The van der Waals surface area contributed by atoms with Gasteiger partial charge in [-0.15, -0.1) is 0 Å². The summed E-state index contributed by atoms with van der Waals surface area (Å²) in [6.45, 7) is 12.8. The summed E-state index contributed by atoms with van der Waals surface area (Å²) >= 11 is 0. The molecule has 1 aromatic carbocycles. The van der Waals surface area contributed by atoms with Crippen molar-refractivity contribution in [1.29, 1.82) is 0 Å². The largest absolute Gasteiger partial charge is 0.378 e. The zero-order valence-corrected chi connectivity index (χ0v) is 21.0. The molecule has 1 saturated heterocycles. The third-order valence-electron chi connectivity index (χ3n) is 7.47. The number of nitrogens with zero attached hydrogens (tertiary/aromatic N) is 6. The Bertz CT molecular complexity index is 1400. The second kappa shape index (κ2) is 8.64. The number of hydrogen-bond donors (Lipinski definition) is 0. The standard InChI is InChI=1S/C28H32N6O/c1-18-7-8-19(2)25(14-18)33-9-5-6-24-27(33)34-17-23(20(3)21(4)26(34)31-24)22-15-29-28(30-16-22)32-10-12-35-13-11-32/h7-8,14-17H,5-6,9-13H2,1-4H3. The smallest absolute Gasteiger partial charge is 0.225 e. The molecule has 6 rings (SSSR count). The molecule has 0 saturated carbocycles. The van der Waals surface area contributed by atoms with Gasteiger partial charge in [0.15, 0.2) is 0 Å². The summed E-state index contributed by atoms with van der Waals surface area (Å²) < 4.78 is 7.76. The molecule has 3 aromatic heterocycles. The molecule has 7 heteroatoms. The van der Waals surface area contributed by atoms with E-state index in [1.807, 2.05) is 12.4 Å². The highest BCUT2D eigenvalue weighted by Crippen LogP contribution is 2.39. The molecule has 0 radical (unpaired) electrons. The van der Waals surface area contributed by atoms with Gasteiger partial charge in [-0.3, -0.25) is 4.40 Å². The molecule has 5 heterocycles. The minimum atomic E-state index is 0.725. The number of morpholine rings is 1. The Morgan fingerprint density at radius 3 is 2.46 bits per heavy atom. The number of fused-ring (bicyclic) bond motifs is 3. The lowest BCUT2D eigenvalue weighted by atomic mass is 10.0. The van der Waals surface area contributed by atoms with Gasteiger partial charge >= 0.3 is 0 Å². The first-order valence-corrected chi connectivity index (χ1v) is 12.5. The van der Waals surface area contributed by atoms with Crippen molar-refractivity contribution in [2.45, 2.75) is 40.5 Å². The highest BCUT2D eigenvalue weighted by molar-refractivity contribution is 5.76. The Morgan fingerprint density at radius 2 is 1.69 bits per heavy atom. The van der Waals surface area contributed by atoms with Gasteiger partial charge in [0.2, 0.25) is 5.95 Å². The van der Waals surface area contributed by atoms with Crippen LogP contribution in [0.5, 0.6) is 0 Å². The fourth-order valence-corrected chi connectivity index (χ4v) is 5.34. The van der Waals surface area contributed by atoms with Gasteiger partial charge in [0.25, 0.3) is 0 Å². The van der Waals surface area contributed by atoms with E-state index in [9.17, 15) is 0 Å². The average Bonchev–Trinajstić information content (AvgIpc) is 3.27. The van der Waals surface area contributed by atoms with Crippen LogP contribution in [0.15, 0.2) is 36.8 Å². The maximum atomic E-state index is 5.47. The Balaban J connectivity index is 1.47. The molecule has 0 unspecified atom stereocenters. The number of anilines is 3. The van der Waals surface area contributed by atoms with Gasteiger partial charge in [-0.1, -0.05) is 12.1 Å². The second-order valence-corrected chi connectivity index (χ2v) is 9.78. The predicted molar refractivity (Wildman–Crippen MR) is 140 cm³/mol. The number of rotatable bonds is 3. The van der Waals surface area contributed by atoms with Gasteiger partial charge in [-0.2, -0.15) is 0 Å². The van der Waals surface area contributed by atoms with Gasteiger partial charge in [0, 0.05) is 55.0 Å². The molecule has 1 fully saturated rings. The van der Waals surface area contributed by atoms with Crippen LogP contribution < -0.4 is 9.80 Å². The predicted octanol–water partition coefficient (Wildman–Crippen LogP) is 4.95. The summed E-state index contributed by atoms with van der Waals surface area (Å²) in [6, 6.07) is 6.70. The lowest BCUT2D eigenvalue weighted by Crippen LogP contribution is -2.37. The average molecular weight is 469 g/mol. The molecule has 0 aliphatic carbocycles. The molecule has 0 amide bonds. The summed E-state index contributed by atoms with van der Waals surface area (Å²) in [4.78, 5) is 19.2. The second-order valence-electron chi connectivity index (χ2n) is 9.78. The number of aromatic nitrogens is 4. The molecular weight excluding hydrogens is 436 g/mol. The van der Waals surface area contributed by atoms with Crippen molar-refractivity contribution in [2.24, 2.45) is 0 Å². The number of aryl methyl sites for hydroxylation is 4. The van der Waals surface area contributed by atoms with E-state index in [-0.39, 0.29) is 0 Å². The molecule has 2 aliphatic rings. The van der Waals surface area contributed by atoms with E-state index >= 15 is 0 Å². The molecule has 4 aromatic rings. The summed E-state index contributed by atoms with van der Waals surface area (Å²) in [5.41, 5.74) is 10.7. The maximum absolute atomic E-state index is 5.47. The van der Waals surface area contributed by atoms with Crippen molar-refractivity contribution in [3.05, 3.63) is 64.7 Å². The van der Waals surface area contributed by atoms with E-state index in [0.29, 0.717) is 0 Å². The maximum Gasteiger partial charge on any atom is 0.225 e. The van der Waals surface area contributed by atoms with E-state index in [4.69, 9.17) is 19.7 Å². The van der Waals surface area contributed by atoms with E-state index in [1.54, 1.807) is 0 Å². The normalized spacial score (nSPS) is 16.1. The monoisotopic (exact) mass is 468 g/mol. The van der Waals surface area contributed by atoms with Gasteiger partial charge in [-0.05, 0) is 68.9 Å². The Morgan fingerprint density at radius 1 is 0.914 bits per heavy atom. The number of hydrogen-bond acceptors (Lipinski definition) is 6. The Kier molecular flexibility index (Phi) is 5.44. The number of benzene rings is 1. The first kappa shape index (κ1) is 22.0. The van der Waals surface area contributed by atoms with Crippen LogP contribution in [0.2, 0.25) is 0 Å². The molecule has 0 N–H and O–H groups in total. The molecule has 35 heavy (non-hydrogen) atoms. The van der Waals surface area contributed by atoms with Crippen LogP contribution in [-0.2, 0) is 11.2 Å². The van der Waals surface area contributed by atoms with Crippen LogP contribution in [0.1, 0.15) is 34.4 Å². The van der Waals surface area contributed by atoms with Crippen molar-refractivity contribution in [3.63, 3.8) is 0 Å². The third-order valence-corrected chi connectivity index (χ3v) is 7.47. The first-order valence-electron chi connectivity index (χ1n) is 12.5. The third kappa shape index (κ3) is 3.74. The first-order chi connectivity index (χ1) is 17.0. The van der Waals surface area contributed by atoms with Crippen molar-refractivity contribution < 1.29 is 4.74 Å². The minimum Gasteiger partial charge on any atom is -0.378 e. The minimum absolute atomic E-state index is 0.725. The van der Waals surface area contributed by atoms with E-state index in [2.05, 4.69) is 66.3 Å². The highest BCUT2D eigenvalue weighted by atomic mass is 16.5. The molecule has 0 bridgehead atoms. The molecule has 180 valence electrons. The van der Waals surface area contributed by atoms with Crippen LogP contribution in [0.25, 0.3) is 16.8 Å². The van der Waals surface area contributed by atoms with Crippen molar-refractivity contribution in [3.8, 4) is 11.1 Å². The molecule has 7 nitrogen and oxygen atoms in total. The number of imidazole rings is 1. The topological polar surface area (TPSA) is 58.8 Å². The molecular formula is C28H32N6O. The molecule has 0 atom stereocenters. The summed E-state index contributed by atoms with van der Waals surface area (Å²) in [6.07, 6.45) is 8.25. The Labute approximate surface area is 206 Å². The summed E-state index contributed by atoms with van der Waals surface area (Å²) in [7, 11) is 0. The van der Waals surface area contributed by atoms with E-state index < -0.39 is 0 Å². The molecule has 0 spiro atoms. The van der Waals surface area contributed by atoms with Crippen molar-refractivity contribution in [1.82, 2.24) is 19.4 Å². The van der Waals surface area contributed by atoms with E-state index in [0.717, 1.165) is 68.4 Å². The van der Waals surface area contributed by atoms with Crippen LogP contribution >= 0.6 is 0 Å². The summed E-state index contributed by atoms with van der Waals surface area (Å²) in [5.74, 6) is 1.96. The lowest BCUT2D eigenvalue weighted by Gasteiger charge is -2.30. The van der Waals surface area contributed by atoms with Gasteiger partial charge in [0.05, 0.1) is 18.9 Å². The Hall–Kier alpha value is -3.45. The quantitative estimate of drug-likeness (QED) is 0.424. The van der Waals surface area contributed by atoms with Gasteiger partial charge in [0.1, 0.15) is 11.5 Å². The lowest BCUT2D eigenvalue weighted by molar-refractivity contribution is 0.122. The van der Waals surface area contributed by atoms with E-state index in [1.165, 1.54) is 39.5 Å². The zero-order chi connectivity index (χ0) is 24.1. The SMILES string of the molecule is Cc1ccc(C)c(N2CCCc3nc4c(C)c(C)c(-c5cnc(N6CCOCC6)nc5)cn4c32)c1.